The minimum absolute atomic E-state index is 0.130. The molecule has 0 aliphatic rings. The SMILES string of the molecule is O=[N+]N(C(=O)c1c(F)cccc1F)c1ccccc1. The monoisotopic (exact) mass is 262 g/mol. The average Bonchev–Trinajstić information content (AvgIpc) is 2.40. The number of hydrogen-bond acceptors (Lipinski definition) is 3. The molecule has 0 aliphatic carbocycles. The van der Waals surface area contributed by atoms with Gasteiger partial charge in [0.2, 0.25) is 0 Å². The van der Waals surface area contributed by atoms with Gasteiger partial charge in [-0.05, 0) is 24.3 Å². The van der Waals surface area contributed by atoms with Gasteiger partial charge in [-0.2, -0.15) is 0 Å². The Bertz CT molecular complexity index is 597. The van der Waals surface area contributed by atoms with Gasteiger partial charge in [-0.15, -0.1) is 0 Å². The molecule has 4 nitrogen and oxygen atoms in total. The molecule has 2 aromatic rings. The molecule has 0 bridgehead atoms. The minimum Gasteiger partial charge on any atom is -0.262 e. The summed E-state index contributed by atoms with van der Waals surface area (Å²) < 4.78 is 27.0. The number of para-hydroxylation sites is 1. The highest BCUT2D eigenvalue weighted by Gasteiger charge is 2.33. The molecule has 2 aromatic carbocycles. The molecule has 6 heteroatoms. The molecular formula is C13H8F2N2O2+. The molecule has 0 spiro atoms. The van der Waals surface area contributed by atoms with Crippen LogP contribution in [0.4, 0.5) is 14.5 Å². The van der Waals surface area contributed by atoms with Gasteiger partial charge in [0, 0.05) is 5.01 Å². The number of rotatable bonds is 3. The van der Waals surface area contributed by atoms with Gasteiger partial charge in [-0.3, -0.25) is 4.79 Å². The number of amides is 1. The minimum atomic E-state index is -1.16. The number of carbonyl (C=O) groups excluding carboxylic acids is 1. The molecular weight excluding hydrogens is 254 g/mol. The van der Waals surface area contributed by atoms with Gasteiger partial charge in [-0.1, -0.05) is 24.3 Å². The van der Waals surface area contributed by atoms with Crippen molar-refractivity contribution >= 4 is 11.6 Å². The van der Waals surface area contributed by atoms with Gasteiger partial charge in [-0.25, -0.2) is 8.78 Å². The second-order valence-corrected chi connectivity index (χ2v) is 3.63. The Morgan fingerprint density at radius 3 is 2.05 bits per heavy atom. The van der Waals surface area contributed by atoms with Crippen molar-refractivity contribution in [1.82, 2.24) is 5.29 Å². The predicted octanol–water partition coefficient (Wildman–Crippen LogP) is 2.63. The number of benzene rings is 2. The van der Waals surface area contributed by atoms with Crippen LogP contribution in [-0.2, 0) is 0 Å². The van der Waals surface area contributed by atoms with Gasteiger partial charge >= 0.3 is 11.2 Å². The third-order valence-electron chi connectivity index (χ3n) is 2.45. The summed E-state index contributed by atoms with van der Waals surface area (Å²) in [4.78, 5) is 22.7. The van der Waals surface area contributed by atoms with Crippen LogP contribution in [0.5, 0.6) is 0 Å². The van der Waals surface area contributed by atoms with Crippen molar-refractivity contribution in [3.63, 3.8) is 0 Å². The lowest BCUT2D eigenvalue weighted by Gasteiger charge is -2.05. The first-order chi connectivity index (χ1) is 9.15. The van der Waals surface area contributed by atoms with E-state index in [9.17, 15) is 18.5 Å². The zero-order valence-corrected chi connectivity index (χ0v) is 9.59. The van der Waals surface area contributed by atoms with Crippen LogP contribution < -0.4 is 10.3 Å². The average molecular weight is 262 g/mol. The summed E-state index contributed by atoms with van der Waals surface area (Å²) in [5.41, 5.74) is -0.684. The Balaban J connectivity index is 2.45. The van der Waals surface area contributed by atoms with E-state index in [0.717, 1.165) is 18.2 Å². The zero-order chi connectivity index (χ0) is 13.8. The highest BCUT2D eigenvalue weighted by Crippen LogP contribution is 2.18. The smallest absolute Gasteiger partial charge is 0.262 e. The molecule has 0 unspecified atom stereocenters. The fraction of sp³-hybridized carbons (Fsp3) is 0. The first-order valence-electron chi connectivity index (χ1n) is 5.32. The predicted molar refractivity (Wildman–Crippen MR) is 65.1 cm³/mol. The molecule has 1 radical (unpaired) electrons. The van der Waals surface area contributed by atoms with Crippen LogP contribution >= 0.6 is 0 Å². The molecule has 95 valence electrons. The van der Waals surface area contributed by atoms with E-state index in [1.54, 1.807) is 18.2 Å². The Hall–Kier alpha value is -2.63. The summed E-state index contributed by atoms with van der Waals surface area (Å²) in [6, 6.07) is 10.7. The molecule has 0 saturated carbocycles. The molecule has 0 saturated heterocycles. The molecule has 0 aliphatic heterocycles. The maximum absolute atomic E-state index is 13.5. The van der Waals surface area contributed by atoms with Gasteiger partial charge in [0.05, 0.1) is 0 Å². The Morgan fingerprint density at radius 1 is 0.947 bits per heavy atom. The van der Waals surface area contributed by atoms with Crippen LogP contribution in [0.25, 0.3) is 0 Å². The molecule has 0 aromatic heterocycles. The lowest BCUT2D eigenvalue weighted by Crippen LogP contribution is -2.33. The summed E-state index contributed by atoms with van der Waals surface area (Å²) in [5.74, 6) is -3.25. The quantitative estimate of drug-likeness (QED) is 0.798. The molecule has 2 rings (SSSR count). The molecule has 0 atom stereocenters. The molecule has 19 heavy (non-hydrogen) atoms. The molecule has 1 amide bonds. The van der Waals surface area contributed by atoms with Gasteiger partial charge < -0.3 is 0 Å². The van der Waals surface area contributed by atoms with Crippen LogP contribution in [0.2, 0.25) is 0 Å². The van der Waals surface area contributed by atoms with Crippen molar-refractivity contribution < 1.29 is 13.6 Å². The van der Waals surface area contributed by atoms with Crippen LogP contribution in [0.1, 0.15) is 10.4 Å². The van der Waals surface area contributed by atoms with Gasteiger partial charge in [0.1, 0.15) is 27.8 Å². The van der Waals surface area contributed by atoms with Crippen LogP contribution in [0.15, 0.2) is 48.5 Å². The first kappa shape index (κ1) is 12.8. The summed E-state index contributed by atoms with van der Waals surface area (Å²) >= 11 is 0. The molecule has 0 N–H and O–H groups in total. The van der Waals surface area contributed by atoms with E-state index in [1.165, 1.54) is 12.1 Å². The third kappa shape index (κ3) is 2.47. The van der Waals surface area contributed by atoms with Crippen LogP contribution in [0.3, 0.4) is 0 Å². The van der Waals surface area contributed by atoms with Crippen molar-refractivity contribution in [3.05, 3.63) is 70.6 Å². The molecule has 0 heterocycles. The topological polar surface area (TPSA) is 51.5 Å². The summed E-state index contributed by atoms with van der Waals surface area (Å²) in [6.45, 7) is 0. The van der Waals surface area contributed by atoms with Gasteiger partial charge in [0.25, 0.3) is 0 Å². The number of nitroso groups, excluding NO2 is 1. The zero-order valence-electron chi connectivity index (χ0n) is 9.59. The maximum atomic E-state index is 13.5. The highest BCUT2D eigenvalue weighted by atomic mass is 19.1. The molecule has 0 fully saturated rings. The van der Waals surface area contributed by atoms with E-state index in [1.807, 2.05) is 0 Å². The Labute approximate surface area is 107 Å². The summed E-state index contributed by atoms with van der Waals surface area (Å²) in [6.07, 6.45) is 0. The van der Waals surface area contributed by atoms with E-state index in [4.69, 9.17) is 0 Å². The Kier molecular flexibility index (Phi) is 3.61. The largest absolute Gasteiger partial charge is 0.494 e. The fourth-order valence-electron chi connectivity index (χ4n) is 1.58. The number of hydrogen-bond donors (Lipinski definition) is 0. The lowest BCUT2D eigenvalue weighted by molar-refractivity contribution is 0.0973. The van der Waals surface area contributed by atoms with Crippen LogP contribution in [-0.4, -0.2) is 5.91 Å². The standard InChI is InChI=1S/C13H8F2N2O2/c14-10-7-4-8-11(15)12(10)13(18)17(16-19)9-5-2-1-3-6-9/h1-8H/q+1. The van der Waals surface area contributed by atoms with Crippen molar-refractivity contribution in [2.45, 2.75) is 0 Å². The number of halogens is 2. The van der Waals surface area contributed by atoms with Crippen molar-refractivity contribution in [2.24, 2.45) is 0 Å². The number of carbonyl (C=O) groups is 1. The third-order valence-corrected chi connectivity index (χ3v) is 2.45. The summed E-state index contributed by atoms with van der Waals surface area (Å²) in [7, 11) is 0. The van der Waals surface area contributed by atoms with Crippen LogP contribution in [0, 0.1) is 16.5 Å². The first-order valence-corrected chi connectivity index (χ1v) is 5.32. The van der Waals surface area contributed by atoms with Crippen molar-refractivity contribution in [3.8, 4) is 0 Å². The van der Waals surface area contributed by atoms with E-state index in [2.05, 4.69) is 5.29 Å². The fourth-order valence-corrected chi connectivity index (χ4v) is 1.58. The van der Waals surface area contributed by atoms with E-state index in [0.29, 0.717) is 5.01 Å². The normalized spacial score (nSPS) is 10.0. The number of nitrogens with zero attached hydrogens (tertiary/aromatic N) is 2. The highest BCUT2D eigenvalue weighted by molar-refractivity contribution is 6.05. The second kappa shape index (κ2) is 5.34. The van der Waals surface area contributed by atoms with Crippen molar-refractivity contribution in [1.29, 1.82) is 0 Å². The van der Waals surface area contributed by atoms with Crippen molar-refractivity contribution in [2.75, 3.05) is 5.01 Å². The maximum Gasteiger partial charge on any atom is 0.494 e. The summed E-state index contributed by atoms with van der Waals surface area (Å²) in [5, 5.41) is 2.92. The number of anilines is 1. The van der Waals surface area contributed by atoms with E-state index in [-0.39, 0.29) is 5.69 Å². The lowest BCUT2D eigenvalue weighted by atomic mass is 10.1. The van der Waals surface area contributed by atoms with Gasteiger partial charge in [0.15, 0.2) is 0 Å². The Morgan fingerprint density at radius 2 is 1.53 bits per heavy atom. The van der Waals surface area contributed by atoms with E-state index >= 15 is 0 Å². The van der Waals surface area contributed by atoms with E-state index < -0.39 is 23.1 Å². The second-order valence-electron chi connectivity index (χ2n) is 3.63.